The van der Waals surface area contributed by atoms with Crippen LogP contribution in [-0.2, 0) is 19.6 Å². The molecule has 0 aromatic heterocycles. The predicted octanol–water partition coefficient (Wildman–Crippen LogP) is 0.608. The zero-order valence-corrected chi connectivity index (χ0v) is 11.6. The van der Waals surface area contributed by atoms with Gasteiger partial charge in [0.1, 0.15) is 11.9 Å². The quantitative estimate of drug-likeness (QED) is 0.884. The molecule has 0 aliphatic carbocycles. The SMILES string of the molecule is Cc1cc(F)ccc1S(=O)(=O)N1CCOCC1C(=O)O. The van der Waals surface area contributed by atoms with E-state index < -0.39 is 27.9 Å². The second-order valence-corrected chi connectivity index (χ2v) is 6.31. The molecule has 6 nitrogen and oxygen atoms in total. The predicted molar refractivity (Wildman–Crippen MR) is 67.3 cm³/mol. The molecule has 1 aromatic carbocycles. The fourth-order valence-corrected chi connectivity index (χ4v) is 3.86. The van der Waals surface area contributed by atoms with E-state index in [0.29, 0.717) is 0 Å². The average molecular weight is 303 g/mol. The molecule has 1 saturated heterocycles. The Morgan fingerprint density at radius 2 is 2.20 bits per heavy atom. The number of hydrogen-bond donors (Lipinski definition) is 1. The molecule has 0 bridgehead atoms. The number of morpholine rings is 1. The van der Waals surface area contributed by atoms with Gasteiger partial charge in [0.15, 0.2) is 0 Å². The normalized spacial score (nSPS) is 20.8. The number of carboxylic acids is 1. The van der Waals surface area contributed by atoms with E-state index in [1.165, 1.54) is 6.92 Å². The minimum absolute atomic E-state index is 0.0455. The van der Waals surface area contributed by atoms with Gasteiger partial charge in [-0.1, -0.05) is 0 Å². The first-order chi connectivity index (χ1) is 9.34. The molecule has 20 heavy (non-hydrogen) atoms. The Hall–Kier alpha value is -1.51. The van der Waals surface area contributed by atoms with Crippen molar-refractivity contribution in [1.82, 2.24) is 4.31 Å². The summed E-state index contributed by atoms with van der Waals surface area (Å²) in [5.74, 6) is -1.81. The summed E-state index contributed by atoms with van der Waals surface area (Å²) in [5, 5.41) is 9.09. The smallest absolute Gasteiger partial charge is 0.324 e. The lowest BCUT2D eigenvalue weighted by Crippen LogP contribution is -2.52. The van der Waals surface area contributed by atoms with Crippen molar-refractivity contribution in [3.05, 3.63) is 29.6 Å². The first-order valence-corrected chi connectivity index (χ1v) is 7.36. The van der Waals surface area contributed by atoms with Crippen LogP contribution in [0.4, 0.5) is 4.39 Å². The molecule has 110 valence electrons. The second-order valence-electron chi connectivity index (χ2n) is 4.45. The van der Waals surface area contributed by atoms with Crippen LogP contribution in [0.25, 0.3) is 0 Å². The average Bonchev–Trinajstić information content (AvgIpc) is 2.38. The number of nitrogens with zero attached hydrogens (tertiary/aromatic N) is 1. The van der Waals surface area contributed by atoms with Crippen LogP contribution in [0.1, 0.15) is 5.56 Å². The van der Waals surface area contributed by atoms with Gasteiger partial charge in [0.2, 0.25) is 10.0 Å². The van der Waals surface area contributed by atoms with Crippen LogP contribution in [0.5, 0.6) is 0 Å². The van der Waals surface area contributed by atoms with Gasteiger partial charge in [0.05, 0.1) is 18.1 Å². The Bertz CT molecular complexity index is 631. The van der Waals surface area contributed by atoms with Crippen LogP contribution in [0, 0.1) is 12.7 Å². The summed E-state index contributed by atoms with van der Waals surface area (Å²) >= 11 is 0. The van der Waals surface area contributed by atoms with Crippen molar-refractivity contribution >= 4 is 16.0 Å². The zero-order valence-electron chi connectivity index (χ0n) is 10.7. The summed E-state index contributed by atoms with van der Waals surface area (Å²) in [5.41, 5.74) is 0.237. The minimum Gasteiger partial charge on any atom is -0.480 e. The summed E-state index contributed by atoms with van der Waals surface area (Å²) in [6.07, 6.45) is 0. The number of sulfonamides is 1. The van der Waals surface area contributed by atoms with Crippen LogP contribution in [0.15, 0.2) is 23.1 Å². The Balaban J connectivity index is 2.45. The van der Waals surface area contributed by atoms with Gasteiger partial charge in [-0.25, -0.2) is 12.8 Å². The topological polar surface area (TPSA) is 83.9 Å². The number of carbonyl (C=O) groups is 1. The van der Waals surface area contributed by atoms with E-state index in [2.05, 4.69) is 0 Å². The molecule has 0 amide bonds. The van der Waals surface area contributed by atoms with Crippen LogP contribution in [0.3, 0.4) is 0 Å². The zero-order chi connectivity index (χ0) is 14.9. The van der Waals surface area contributed by atoms with Gasteiger partial charge in [0, 0.05) is 6.54 Å². The van der Waals surface area contributed by atoms with E-state index in [1.54, 1.807) is 0 Å². The summed E-state index contributed by atoms with van der Waals surface area (Å²) in [7, 11) is -4.00. The van der Waals surface area contributed by atoms with E-state index >= 15 is 0 Å². The maximum absolute atomic E-state index is 13.1. The van der Waals surface area contributed by atoms with Gasteiger partial charge < -0.3 is 9.84 Å². The molecule has 1 aromatic rings. The highest BCUT2D eigenvalue weighted by Gasteiger charge is 2.38. The Kier molecular flexibility index (Phi) is 4.07. The Morgan fingerprint density at radius 3 is 2.80 bits per heavy atom. The maximum atomic E-state index is 13.1. The lowest BCUT2D eigenvalue weighted by atomic mass is 10.2. The van der Waals surface area contributed by atoms with Crippen molar-refractivity contribution < 1.29 is 27.4 Å². The highest BCUT2D eigenvalue weighted by atomic mass is 32.2. The fraction of sp³-hybridized carbons (Fsp3) is 0.417. The first kappa shape index (κ1) is 14.9. The highest BCUT2D eigenvalue weighted by molar-refractivity contribution is 7.89. The summed E-state index contributed by atoms with van der Waals surface area (Å²) in [6, 6.07) is 2.02. The van der Waals surface area contributed by atoms with Crippen molar-refractivity contribution in [2.24, 2.45) is 0 Å². The van der Waals surface area contributed by atoms with E-state index in [-0.39, 0.29) is 30.2 Å². The Morgan fingerprint density at radius 1 is 1.50 bits per heavy atom. The Labute approximate surface area is 115 Å². The molecule has 1 heterocycles. The molecule has 1 N–H and O–H groups in total. The number of halogens is 1. The number of hydrogen-bond acceptors (Lipinski definition) is 4. The number of carboxylic acid groups (broad SMARTS) is 1. The molecule has 1 atom stereocenters. The van der Waals surface area contributed by atoms with E-state index in [1.807, 2.05) is 0 Å². The summed E-state index contributed by atoms with van der Waals surface area (Å²) < 4.78 is 44.0. The second kappa shape index (κ2) is 5.47. The van der Waals surface area contributed by atoms with Gasteiger partial charge in [-0.2, -0.15) is 4.31 Å². The number of aryl methyl sites for hydroxylation is 1. The standard InChI is InChI=1S/C12H14FNO5S/c1-8-6-9(13)2-3-11(8)20(17,18)14-4-5-19-7-10(14)12(15)16/h2-3,6,10H,4-5,7H2,1H3,(H,15,16). The van der Waals surface area contributed by atoms with Crippen molar-refractivity contribution in [2.45, 2.75) is 17.9 Å². The molecule has 0 saturated carbocycles. The van der Waals surface area contributed by atoms with Gasteiger partial charge in [0.25, 0.3) is 0 Å². The number of benzene rings is 1. The van der Waals surface area contributed by atoms with Crippen molar-refractivity contribution in [3.63, 3.8) is 0 Å². The van der Waals surface area contributed by atoms with Crippen molar-refractivity contribution in [2.75, 3.05) is 19.8 Å². The van der Waals surface area contributed by atoms with Crippen molar-refractivity contribution in [1.29, 1.82) is 0 Å². The van der Waals surface area contributed by atoms with Crippen LogP contribution >= 0.6 is 0 Å². The summed E-state index contributed by atoms with van der Waals surface area (Å²) in [6.45, 7) is 1.35. The van der Waals surface area contributed by atoms with Crippen LogP contribution in [-0.4, -0.2) is 49.6 Å². The number of ether oxygens (including phenoxy) is 1. The molecular weight excluding hydrogens is 289 g/mol. The van der Waals surface area contributed by atoms with Gasteiger partial charge >= 0.3 is 5.97 Å². The molecular formula is C12H14FNO5S. The van der Waals surface area contributed by atoms with E-state index in [4.69, 9.17) is 9.84 Å². The highest BCUT2D eigenvalue weighted by Crippen LogP contribution is 2.24. The molecule has 1 aliphatic rings. The monoisotopic (exact) mass is 303 g/mol. The van der Waals surface area contributed by atoms with E-state index in [9.17, 15) is 17.6 Å². The first-order valence-electron chi connectivity index (χ1n) is 5.92. The largest absolute Gasteiger partial charge is 0.480 e. The lowest BCUT2D eigenvalue weighted by Gasteiger charge is -2.32. The van der Waals surface area contributed by atoms with Gasteiger partial charge in [-0.3, -0.25) is 4.79 Å². The van der Waals surface area contributed by atoms with Gasteiger partial charge in [-0.05, 0) is 30.7 Å². The maximum Gasteiger partial charge on any atom is 0.324 e. The third kappa shape index (κ3) is 2.67. The van der Waals surface area contributed by atoms with Gasteiger partial charge in [-0.15, -0.1) is 0 Å². The molecule has 1 unspecified atom stereocenters. The van der Waals surface area contributed by atoms with Crippen LogP contribution < -0.4 is 0 Å². The molecule has 1 aliphatic heterocycles. The molecule has 0 spiro atoms. The van der Waals surface area contributed by atoms with E-state index in [0.717, 1.165) is 22.5 Å². The number of rotatable bonds is 3. The fourth-order valence-electron chi connectivity index (χ4n) is 2.10. The third-order valence-corrected chi connectivity index (χ3v) is 5.16. The molecule has 2 rings (SSSR count). The van der Waals surface area contributed by atoms with Crippen LogP contribution in [0.2, 0.25) is 0 Å². The summed E-state index contributed by atoms with van der Waals surface area (Å²) in [4.78, 5) is 11.0. The molecule has 1 fully saturated rings. The molecule has 8 heteroatoms. The minimum atomic E-state index is -4.00. The lowest BCUT2D eigenvalue weighted by molar-refractivity contribution is -0.146. The third-order valence-electron chi connectivity index (χ3n) is 3.09. The number of aliphatic carboxylic acids is 1. The van der Waals surface area contributed by atoms with Crippen molar-refractivity contribution in [3.8, 4) is 0 Å². The molecule has 0 radical (unpaired) electrons.